The first-order valence-electron chi connectivity index (χ1n) is 7.17. The van der Waals surface area contributed by atoms with E-state index in [9.17, 15) is 9.59 Å². The summed E-state index contributed by atoms with van der Waals surface area (Å²) in [6, 6.07) is 10.5. The summed E-state index contributed by atoms with van der Waals surface area (Å²) in [7, 11) is 1.61. The predicted molar refractivity (Wildman–Crippen MR) is 101 cm³/mol. The van der Waals surface area contributed by atoms with E-state index in [1.165, 1.54) is 4.57 Å². The van der Waals surface area contributed by atoms with Gasteiger partial charge >= 0.3 is 0 Å². The van der Waals surface area contributed by atoms with Gasteiger partial charge in [-0.05, 0) is 61.1 Å². The SMILES string of the molecule is Cc1cc(NC(=O)c2ccc3c(=O)n(C)c(=S)[nH]c3c2)ccc1Br. The van der Waals surface area contributed by atoms with E-state index < -0.39 is 0 Å². The lowest BCUT2D eigenvalue weighted by molar-refractivity contribution is 0.102. The molecule has 0 fully saturated rings. The molecule has 24 heavy (non-hydrogen) atoms. The topological polar surface area (TPSA) is 66.9 Å². The number of fused-ring (bicyclic) bond motifs is 1. The molecule has 0 spiro atoms. The average molecular weight is 404 g/mol. The Kier molecular flexibility index (Phi) is 4.38. The maximum absolute atomic E-state index is 12.4. The first-order chi connectivity index (χ1) is 11.4. The van der Waals surface area contributed by atoms with Gasteiger partial charge in [-0.2, -0.15) is 0 Å². The minimum Gasteiger partial charge on any atom is -0.332 e. The molecule has 0 aliphatic carbocycles. The number of hydrogen-bond acceptors (Lipinski definition) is 3. The number of rotatable bonds is 2. The highest BCUT2D eigenvalue weighted by atomic mass is 79.9. The van der Waals surface area contributed by atoms with Gasteiger partial charge in [-0.3, -0.25) is 14.2 Å². The maximum atomic E-state index is 12.4. The Balaban J connectivity index is 1.98. The van der Waals surface area contributed by atoms with Crippen LogP contribution < -0.4 is 10.9 Å². The summed E-state index contributed by atoms with van der Waals surface area (Å²) in [5, 5.41) is 3.34. The molecule has 1 heterocycles. The van der Waals surface area contributed by atoms with Crippen molar-refractivity contribution in [2.45, 2.75) is 6.92 Å². The smallest absolute Gasteiger partial charge is 0.261 e. The zero-order valence-corrected chi connectivity index (χ0v) is 15.4. The van der Waals surface area contributed by atoms with Crippen molar-refractivity contribution in [2.24, 2.45) is 7.05 Å². The molecular weight excluding hydrogens is 390 g/mol. The summed E-state index contributed by atoms with van der Waals surface area (Å²) >= 11 is 8.54. The van der Waals surface area contributed by atoms with E-state index in [1.54, 1.807) is 25.2 Å². The van der Waals surface area contributed by atoms with E-state index in [2.05, 4.69) is 26.2 Å². The number of carbonyl (C=O) groups is 1. The highest BCUT2D eigenvalue weighted by Gasteiger charge is 2.10. The molecule has 122 valence electrons. The van der Waals surface area contributed by atoms with E-state index in [0.717, 1.165) is 10.0 Å². The largest absolute Gasteiger partial charge is 0.332 e. The normalized spacial score (nSPS) is 10.8. The Hall–Kier alpha value is -2.25. The minimum absolute atomic E-state index is 0.191. The molecule has 1 aromatic heterocycles. The van der Waals surface area contributed by atoms with Crippen LogP contribution in [-0.2, 0) is 7.05 Å². The monoisotopic (exact) mass is 403 g/mol. The molecule has 0 unspecified atom stereocenters. The highest BCUT2D eigenvalue weighted by molar-refractivity contribution is 9.10. The van der Waals surface area contributed by atoms with E-state index in [1.807, 2.05) is 25.1 Å². The summed E-state index contributed by atoms with van der Waals surface area (Å²) < 4.78 is 2.66. The molecule has 5 nitrogen and oxygen atoms in total. The molecule has 0 radical (unpaired) electrons. The fourth-order valence-corrected chi connectivity index (χ4v) is 2.81. The van der Waals surface area contributed by atoms with Crippen molar-refractivity contribution in [3.8, 4) is 0 Å². The molecule has 0 aliphatic heterocycles. The van der Waals surface area contributed by atoms with Gasteiger partial charge in [-0.25, -0.2) is 0 Å². The van der Waals surface area contributed by atoms with Crippen molar-refractivity contribution < 1.29 is 4.79 Å². The average Bonchev–Trinajstić information content (AvgIpc) is 2.55. The van der Waals surface area contributed by atoms with Crippen molar-refractivity contribution in [1.29, 1.82) is 0 Å². The quantitative estimate of drug-likeness (QED) is 0.637. The molecule has 1 amide bonds. The Morgan fingerprint density at radius 3 is 2.71 bits per heavy atom. The van der Waals surface area contributed by atoms with Crippen molar-refractivity contribution in [1.82, 2.24) is 9.55 Å². The second kappa shape index (κ2) is 6.33. The van der Waals surface area contributed by atoms with Crippen LogP contribution in [0.25, 0.3) is 10.9 Å². The Labute approximate surface area is 151 Å². The molecular formula is C17H14BrN3O2S. The molecule has 3 rings (SSSR count). The molecule has 0 atom stereocenters. The van der Waals surface area contributed by atoms with E-state index in [0.29, 0.717) is 26.9 Å². The van der Waals surface area contributed by atoms with Crippen LogP contribution in [0.5, 0.6) is 0 Å². The van der Waals surface area contributed by atoms with Crippen LogP contribution in [0.1, 0.15) is 15.9 Å². The third-order valence-corrected chi connectivity index (χ3v) is 5.04. The summed E-state index contributed by atoms with van der Waals surface area (Å²) in [6.07, 6.45) is 0. The lowest BCUT2D eigenvalue weighted by Crippen LogP contribution is -2.19. The number of aromatic amines is 1. The van der Waals surface area contributed by atoms with Crippen molar-refractivity contribution in [3.63, 3.8) is 0 Å². The third kappa shape index (κ3) is 3.05. The summed E-state index contributed by atoms with van der Waals surface area (Å²) in [5.74, 6) is -0.251. The Bertz CT molecular complexity index is 1090. The first kappa shape index (κ1) is 16.6. The maximum Gasteiger partial charge on any atom is 0.261 e. The van der Waals surface area contributed by atoms with Gasteiger partial charge in [0, 0.05) is 22.8 Å². The number of nitrogens with zero attached hydrogens (tertiary/aromatic N) is 1. The number of anilines is 1. The van der Waals surface area contributed by atoms with Crippen molar-refractivity contribution in [3.05, 3.63) is 67.1 Å². The van der Waals surface area contributed by atoms with Gasteiger partial charge in [0.2, 0.25) is 0 Å². The van der Waals surface area contributed by atoms with Gasteiger partial charge < -0.3 is 10.3 Å². The third-order valence-electron chi connectivity index (χ3n) is 3.78. The van der Waals surface area contributed by atoms with Crippen LogP contribution in [0.3, 0.4) is 0 Å². The number of hydrogen-bond donors (Lipinski definition) is 2. The second-order valence-corrected chi connectivity index (χ2v) is 6.71. The minimum atomic E-state index is -0.251. The van der Waals surface area contributed by atoms with Crippen LogP contribution in [0.4, 0.5) is 5.69 Å². The van der Waals surface area contributed by atoms with Crippen LogP contribution >= 0.6 is 28.1 Å². The molecule has 0 saturated carbocycles. The van der Waals surface area contributed by atoms with Crippen molar-refractivity contribution in [2.75, 3.05) is 5.32 Å². The van der Waals surface area contributed by atoms with E-state index >= 15 is 0 Å². The summed E-state index contributed by atoms with van der Waals surface area (Å²) in [4.78, 5) is 27.6. The van der Waals surface area contributed by atoms with Crippen LogP contribution in [-0.4, -0.2) is 15.5 Å². The molecule has 2 N–H and O–H groups in total. The Morgan fingerprint density at radius 1 is 1.25 bits per heavy atom. The van der Waals surface area contributed by atoms with Crippen LogP contribution in [0, 0.1) is 11.7 Å². The van der Waals surface area contributed by atoms with Gasteiger partial charge in [0.1, 0.15) is 0 Å². The molecule has 7 heteroatoms. The Morgan fingerprint density at radius 2 is 2.00 bits per heavy atom. The van der Waals surface area contributed by atoms with Gasteiger partial charge in [-0.1, -0.05) is 15.9 Å². The lowest BCUT2D eigenvalue weighted by atomic mass is 10.1. The van der Waals surface area contributed by atoms with Crippen LogP contribution in [0.2, 0.25) is 0 Å². The second-order valence-electron chi connectivity index (χ2n) is 5.47. The fraction of sp³-hybridized carbons (Fsp3) is 0.118. The number of carbonyl (C=O) groups excluding carboxylic acids is 1. The summed E-state index contributed by atoms with van der Waals surface area (Å²) in [6.45, 7) is 1.95. The highest BCUT2D eigenvalue weighted by Crippen LogP contribution is 2.21. The zero-order valence-electron chi connectivity index (χ0n) is 13.0. The number of amides is 1. The molecule has 0 bridgehead atoms. The molecule has 0 aliphatic rings. The zero-order chi connectivity index (χ0) is 17.4. The number of H-pyrrole nitrogens is 1. The van der Waals surface area contributed by atoms with Gasteiger partial charge in [0.05, 0.1) is 10.9 Å². The van der Waals surface area contributed by atoms with Gasteiger partial charge in [0.25, 0.3) is 11.5 Å². The number of aryl methyl sites for hydroxylation is 1. The predicted octanol–water partition coefficient (Wildman–Crippen LogP) is 3.92. The summed E-state index contributed by atoms with van der Waals surface area (Å²) in [5.41, 5.74) is 2.53. The van der Waals surface area contributed by atoms with Crippen LogP contribution in [0.15, 0.2) is 45.7 Å². The number of benzene rings is 2. The van der Waals surface area contributed by atoms with Gasteiger partial charge in [0.15, 0.2) is 4.77 Å². The van der Waals surface area contributed by atoms with E-state index in [4.69, 9.17) is 12.2 Å². The molecule has 0 saturated heterocycles. The number of aromatic nitrogens is 2. The lowest BCUT2D eigenvalue weighted by Gasteiger charge is -2.08. The fourth-order valence-electron chi connectivity index (χ4n) is 2.37. The number of halogens is 1. The molecule has 2 aromatic carbocycles. The number of nitrogens with one attached hydrogen (secondary N) is 2. The first-order valence-corrected chi connectivity index (χ1v) is 8.37. The van der Waals surface area contributed by atoms with Crippen molar-refractivity contribution >= 4 is 50.6 Å². The van der Waals surface area contributed by atoms with E-state index in [-0.39, 0.29) is 11.5 Å². The van der Waals surface area contributed by atoms with Gasteiger partial charge in [-0.15, -0.1) is 0 Å². The molecule has 3 aromatic rings. The standard InChI is InChI=1S/C17H14BrN3O2S/c1-9-7-11(4-6-13(9)18)19-15(22)10-3-5-12-14(8-10)20-17(24)21(2)16(12)23/h3-8H,1-2H3,(H,19,22)(H,20,24).